The second-order valence-corrected chi connectivity index (χ2v) is 34.8. The van der Waals surface area contributed by atoms with Crippen LogP contribution in [0, 0.1) is 11.8 Å². The fraction of sp³-hybridized carbons (Fsp3) is 0.528. The first-order valence-electron chi connectivity index (χ1n) is 44.0. The van der Waals surface area contributed by atoms with E-state index in [9.17, 15) is 63.0 Å². The van der Waals surface area contributed by atoms with E-state index in [1.54, 1.807) is 74.8 Å². The third kappa shape index (κ3) is 28.0. The topological polar surface area (TPSA) is 574 Å². The number of benzene rings is 3. The highest BCUT2D eigenvalue weighted by molar-refractivity contribution is 8.00. The summed E-state index contributed by atoms with van der Waals surface area (Å²) in [6, 6.07) is 0.236. The van der Waals surface area contributed by atoms with Crippen LogP contribution in [0.2, 0.25) is 0 Å². The summed E-state index contributed by atoms with van der Waals surface area (Å²) in [6.07, 6.45) is 6.07. The summed E-state index contributed by atoms with van der Waals surface area (Å²) >= 11 is 0.790. The number of nitrogens with two attached hydrogens (primary N) is 1. The molecular formula is C89H123N21O19S. The van der Waals surface area contributed by atoms with Gasteiger partial charge in [0, 0.05) is 118 Å². The van der Waals surface area contributed by atoms with E-state index in [1.165, 1.54) is 81.6 Å². The van der Waals surface area contributed by atoms with Crippen molar-refractivity contribution in [1.82, 2.24) is 103 Å². The number of carbonyl (C=O) groups excluding carboxylic acids is 17. The maximum atomic E-state index is 15.6. The molecule has 3 saturated heterocycles. The standard InChI is InChI=1S/C89H123N21O19S/c1-10-12-25-70-84(124)98-50(5)76(116)106-69-46-130-47-75(115)99-65(35-52-28-30-57(112)31-29-52)86(126)107(7)51(6)77(117)103-67(39-73(90)113)88(128)110-33-19-27-71(110)85(125)102-64(38-56-43-91-48-97-56)82(122)101-62(34-49(3)4)79(119)95-40-53(20-18-32-92-74(114)44-96-80(69)120)78(118)100-63(36-54-41-93-60-23-16-14-21-58(54)60)81(121)105-68(45-111)83(123)104-66(37-55-42-94-61-24-17-15-22-59(55)61)87(127)109(9)72(26-13-11-2)89(129)108(70)8/h14-17,21-24,28-31,41-43,48-51,53,62-72,93-94,111-112H,10-13,18-20,25-27,32-40,44-47H2,1-9H3,(H2,90,113)(H,91,97)(H,92,114)(H,95,119)(H,96,120)(H,98,124)(H,99,115)(H,100,118)(H,101,122)(H,102,125)(H,103,117)(H,104,123)(H,105,121)(H,106,116)/t50-,51-,53+,62-,63-,64-,65-,66-,67-,68-,69-,70-,71?,72-/m0/s1. The molecule has 6 aromatic rings. The van der Waals surface area contributed by atoms with E-state index >= 15 is 28.8 Å². The van der Waals surface area contributed by atoms with Crippen LogP contribution in [0.25, 0.3) is 21.8 Å². The molecule has 130 heavy (non-hydrogen) atoms. The maximum Gasteiger partial charge on any atom is 0.246 e. The number of rotatable bonds is 19. The highest BCUT2D eigenvalue weighted by Crippen LogP contribution is 2.27. The lowest BCUT2D eigenvalue weighted by Gasteiger charge is -2.36. The van der Waals surface area contributed by atoms with Crippen molar-refractivity contribution in [3.63, 3.8) is 0 Å². The Kier molecular flexibility index (Phi) is 37.6. The van der Waals surface area contributed by atoms with E-state index in [1.807, 2.05) is 13.8 Å². The number of H-pyrrole nitrogens is 3. The molecule has 2 bridgehead atoms. The number of phenolic OH excluding ortho intramolecular Hbond substituents is 1. The molecule has 9 rings (SSSR count). The van der Waals surface area contributed by atoms with E-state index < -0.39 is 223 Å². The Labute approximate surface area is 757 Å². The van der Waals surface area contributed by atoms with Crippen molar-refractivity contribution in [2.24, 2.45) is 17.6 Å². The number of aromatic nitrogens is 4. The van der Waals surface area contributed by atoms with Gasteiger partial charge in [-0.1, -0.05) is 102 Å². The second kappa shape index (κ2) is 48.5. The minimum absolute atomic E-state index is 0.0207. The van der Waals surface area contributed by atoms with Crippen molar-refractivity contribution in [2.75, 3.05) is 65.4 Å². The number of hydrogen-bond acceptors (Lipinski definition) is 21. The van der Waals surface area contributed by atoms with Gasteiger partial charge < -0.3 is 114 Å². The highest BCUT2D eigenvalue weighted by atomic mass is 32.2. The molecule has 19 N–H and O–H groups in total. The van der Waals surface area contributed by atoms with Crippen LogP contribution in [0.15, 0.2) is 97.7 Å². The molecule has 3 fully saturated rings. The maximum absolute atomic E-state index is 15.6. The number of phenols is 1. The number of para-hydroxylation sites is 2. The number of aliphatic hydroxyl groups is 1. The first-order valence-corrected chi connectivity index (χ1v) is 45.2. The predicted molar refractivity (Wildman–Crippen MR) is 480 cm³/mol. The average molecular weight is 1820 g/mol. The molecule has 0 radical (unpaired) electrons. The van der Waals surface area contributed by atoms with Gasteiger partial charge in [0.25, 0.3) is 0 Å². The van der Waals surface area contributed by atoms with Crippen LogP contribution in [0.1, 0.15) is 141 Å². The molecule has 0 aliphatic carbocycles. The van der Waals surface area contributed by atoms with E-state index in [4.69, 9.17) is 5.73 Å². The first kappa shape index (κ1) is 101. The van der Waals surface area contributed by atoms with Gasteiger partial charge in [-0.3, -0.25) is 81.5 Å². The summed E-state index contributed by atoms with van der Waals surface area (Å²) in [5, 5.41) is 55.0. The van der Waals surface area contributed by atoms with Crippen molar-refractivity contribution >= 4 is 134 Å². The van der Waals surface area contributed by atoms with Crippen LogP contribution in [0.3, 0.4) is 0 Å². The van der Waals surface area contributed by atoms with Crippen LogP contribution >= 0.6 is 11.8 Å². The molecule has 14 atom stereocenters. The predicted octanol–water partition coefficient (Wildman–Crippen LogP) is -0.977. The van der Waals surface area contributed by atoms with Gasteiger partial charge in [-0.2, -0.15) is 0 Å². The van der Waals surface area contributed by atoms with Crippen LogP contribution < -0.4 is 69.5 Å². The normalized spacial score (nSPS) is 25.2. The Balaban J connectivity index is 1.13. The quantitative estimate of drug-likeness (QED) is 0.0463. The molecule has 3 aliphatic rings. The lowest BCUT2D eigenvalue weighted by molar-refractivity contribution is -0.149. The summed E-state index contributed by atoms with van der Waals surface area (Å²) in [5.41, 5.74) is 8.83. The number of unbranched alkanes of at least 4 members (excludes halogenated alkanes) is 2. The molecule has 3 aromatic heterocycles. The zero-order chi connectivity index (χ0) is 94.6. The Hall–Kier alpha value is -13.0. The summed E-state index contributed by atoms with van der Waals surface area (Å²) in [7, 11) is 4.00. The minimum Gasteiger partial charge on any atom is -0.508 e. The number of fused-ring (bicyclic) bond motifs is 12. The Bertz CT molecular complexity index is 5000. The molecule has 17 amide bonds. The van der Waals surface area contributed by atoms with Gasteiger partial charge >= 0.3 is 0 Å². The van der Waals surface area contributed by atoms with Gasteiger partial charge in [-0.15, -0.1) is 11.8 Å². The van der Waals surface area contributed by atoms with Gasteiger partial charge in [0.05, 0.1) is 37.6 Å². The van der Waals surface area contributed by atoms with Crippen LogP contribution in [-0.2, 0) is 107 Å². The van der Waals surface area contributed by atoms with Crippen molar-refractivity contribution in [2.45, 2.75) is 223 Å². The number of primary amides is 1. The van der Waals surface area contributed by atoms with Crippen molar-refractivity contribution in [1.29, 1.82) is 0 Å². The number of aromatic amines is 3. The molecule has 3 aromatic carbocycles. The number of thioether (sulfide) groups is 1. The van der Waals surface area contributed by atoms with Gasteiger partial charge in [0.2, 0.25) is 100 Å². The molecule has 0 saturated carbocycles. The second-order valence-electron chi connectivity index (χ2n) is 33.7. The monoisotopic (exact) mass is 1820 g/mol. The Morgan fingerprint density at radius 3 is 1.72 bits per heavy atom. The van der Waals surface area contributed by atoms with E-state index in [2.05, 4.69) is 83.7 Å². The fourth-order valence-corrected chi connectivity index (χ4v) is 16.8. The molecule has 1 unspecified atom stereocenters. The Morgan fingerprint density at radius 1 is 0.531 bits per heavy atom. The number of hydrogen-bond donors (Lipinski definition) is 18. The van der Waals surface area contributed by atoms with Crippen molar-refractivity contribution in [3.8, 4) is 5.75 Å². The third-order valence-corrected chi connectivity index (χ3v) is 24.6. The molecule has 40 nitrogen and oxygen atoms in total. The highest BCUT2D eigenvalue weighted by Gasteiger charge is 2.44. The lowest BCUT2D eigenvalue weighted by Crippen LogP contribution is -2.61. The number of amides is 17. The Morgan fingerprint density at radius 2 is 1.10 bits per heavy atom. The average Bonchev–Trinajstić information content (AvgIpc) is 1.55. The van der Waals surface area contributed by atoms with Gasteiger partial charge in [0.1, 0.15) is 84.3 Å². The van der Waals surface area contributed by atoms with E-state index in [-0.39, 0.29) is 95.4 Å². The van der Waals surface area contributed by atoms with Crippen LogP contribution in [-0.4, -0.2) is 294 Å². The molecule has 3 aliphatic heterocycles. The largest absolute Gasteiger partial charge is 0.508 e. The number of nitrogens with one attached hydrogen (secondary N) is 15. The minimum atomic E-state index is -1.84. The number of nitrogens with zero attached hydrogens (tertiary/aromatic N) is 5. The zero-order valence-corrected chi connectivity index (χ0v) is 75.5. The summed E-state index contributed by atoms with van der Waals surface area (Å²) in [5.74, 6) is -17.9. The molecule has 704 valence electrons. The number of aliphatic hydroxyl groups excluding tert-OH is 1. The molecular weight excluding hydrogens is 1700 g/mol. The molecule has 6 heterocycles. The smallest absolute Gasteiger partial charge is 0.246 e. The number of carbonyl (C=O) groups is 17. The number of imidazole rings is 1. The third-order valence-electron chi connectivity index (χ3n) is 23.5. The van der Waals surface area contributed by atoms with E-state index in [0.717, 1.165) is 21.6 Å². The van der Waals surface area contributed by atoms with Gasteiger partial charge in [0.15, 0.2) is 0 Å². The van der Waals surface area contributed by atoms with Crippen LogP contribution in [0.5, 0.6) is 5.75 Å². The van der Waals surface area contributed by atoms with Crippen LogP contribution in [0.4, 0.5) is 0 Å². The summed E-state index contributed by atoms with van der Waals surface area (Å²) in [4.78, 5) is 269. The van der Waals surface area contributed by atoms with Gasteiger partial charge in [-0.05, 0) is 106 Å². The van der Waals surface area contributed by atoms with Crippen molar-refractivity contribution < 1.29 is 91.7 Å². The number of aromatic hydroxyl groups is 1. The fourth-order valence-electron chi connectivity index (χ4n) is 16.0. The summed E-state index contributed by atoms with van der Waals surface area (Å²) < 4.78 is 0. The SMILES string of the molecule is CCCC[C@H]1C(=O)N(C)[C@@H](CCCC)C(=O)N[C@@H](C)C(=O)N[C@H]2CSCC(=O)N[C@@H](Cc3ccc(O)cc3)C(=O)N(C)[C@@H](C)C(=O)N[C@@H](CC(N)=O)C(=O)N3CCCC3C(=O)N[C@@H](Cc3cnc[nH]3)C(=O)N[C@@H](CC(C)C)C(=O)NC[C@@H](CCCNC(=O)CNC2=O)C(=O)N[C@@H](Cc2c[nH]c3ccccc23)C(=O)N[C@@H](CO)C(=O)N[C@@H](Cc2c[nH]c3ccccc23)C(=O)N1C. The van der Waals surface area contributed by atoms with E-state index in [0.29, 0.717) is 69.9 Å². The molecule has 41 heteroatoms. The zero-order valence-electron chi connectivity index (χ0n) is 74.7. The first-order chi connectivity index (χ1) is 62.1. The van der Waals surface area contributed by atoms with Gasteiger partial charge in [-0.25, -0.2) is 4.98 Å². The lowest BCUT2D eigenvalue weighted by atomic mass is 9.98. The summed E-state index contributed by atoms with van der Waals surface area (Å²) in [6.45, 7) is 7.24. The van der Waals surface area contributed by atoms with Crippen molar-refractivity contribution in [3.05, 3.63) is 120 Å². The molecule has 0 spiro atoms. The number of likely N-dealkylation sites (N-methyl/N-ethyl adjacent to an activating group) is 3.